The lowest BCUT2D eigenvalue weighted by Gasteiger charge is -2.29. The first-order valence-electron chi connectivity index (χ1n) is 7.05. The van der Waals surface area contributed by atoms with Gasteiger partial charge in [-0.2, -0.15) is 0 Å². The predicted molar refractivity (Wildman–Crippen MR) is 74.8 cm³/mol. The summed E-state index contributed by atoms with van der Waals surface area (Å²) in [5.74, 6) is 0.108. The molecule has 4 nitrogen and oxygen atoms in total. The van der Waals surface area contributed by atoms with E-state index in [1.165, 1.54) is 24.6 Å². The smallest absolute Gasteiger partial charge is 0.263 e. The van der Waals surface area contributed by atoms with Crippen LogP contribution >= 0.6 is 0 Å². The lowest BCUT2D eigenvalue weighted by molar-refractivity contribution is -0.138. The van der Waals surface area contributed by atoms with E-state index in [9.17, 15) is 9.18 Å². The second kappa shape index (κ2) is 6.70. The van der Waals surface area contributed by atoms with Crippen molar-refractivity contribution < 1.29 is 13.9 Å². The second-order valence-corrected chi connectivity index (χ2v) is 5.10. The van der Waals surface area contributed by atoms with Crippen LogP contribution in [0, 0.1) is 5.82 Å². The minimum atomic E-state index is -0.580. The zero-order valence-corrected chi connectivity index (χ0v) is 11.8. The average Bonchev–Trinajstić information content (AvgIpc) is 2.49. The molecular weight excluding hydrogens is 259 g/mol. The highest BCUT2D eigenvalue weighted by molar-refractivity contribution is 5.81. The van der Waals surface area contributed by atoms with Crippen LogP contribution in [0.5, 0.6) is 5.75 Å². The van der Waals surface area contributed by atoms with Gasteiger partial charge in [-0.25, -0.2) is 4.39 Å². The van der Waals surface area contributed by atoms with Gasteiger partial charge < -0.3 is 15.4 Å². The molecule has 2 N–H and O–H groups in total. The number of carbonyl (C=O) groups excluding carboxylic acids is 1. The SMILES string of the molecule is CC(Oc1ccc(F)cc1CN)C(=O)N1CCCCC1. The fourth-order valence-corrected chi connectivity index (χ4v) is 2.43. The summed E-state index contributed by atoms with van der Waals surface area (Å²) < 4.78 is 18.8. The molecule has 20 heavy (non-hydrogen) atoms. The zero-order chi connectivity index (χ0) is 14.5. The number of piperidine rings is 1. The molecule has 1 fully saturated rings. The number of rotatable bonds is 4. The normalized spacial score (nSPS) is 16.9. The Labute approximate surface area is 118 Å². The highest BCUT2D eigenvalue weighted by atomic mass is 19.1. The molecule has 110 valence electrons. The number of ether oxygens (including phenoxy) is 1. The topological polar surface area (TPSA) is 55.6 Å². The van der Waals surface area contributed by atoms with E-state index in [1.54, 1.807) is 6.92 Å². The molecule has 0 saturated carbocycles. The number of carbonyl (C=O) groups is 1. The van der Waals surface area contributed by atoms with Crippen LogP contribution in [0.4, 0.5) is 4.39 Å². The summed E-state index contributed by atoms with van der Waals surface area (Å²) in [6.07, 6.45) is 2.68. The molecule has 5 heteroatoms. The van der Waals surface area contributed by atoms with Crippen molar-refractivity contribution >= 4 is 5.91 Å². The first-order chi connectivity index (χ1) is 9.61. The van der Waals surface area contributed by atoms with E-state index in [-0.39, 0.29) is 18.3 Å². The van der Waals surface area contributed by atoms with Crippen LogP contribution in [0.15, 0.2) is 18.2 Å². The van der Waals surface area contributed by atoms with Crippen molar-refractivity contribution in [3.05, 3.63) is 29.6 Å². The molecule has 1 aromatic carbocycles. The molecule has 0 radical (unpaired) electrons. The molecule has 0 aromatic heterocycles. The second-order valence-electron chi connectivity index (χ2n) is 5.10. The third-order valence-electron chi connectivity index (χ3n) is 3.56. The van der Waals surface area contributed by atoms with Gasteiger partial charge in [-0.05, 0) is 44.4 Å². The summed E-state index contributed by atoms with van der Waals surface area (Å²) in [5, 5.41) is 0. The number of likely N-dealkylation sites (tertiary alicyclic amines) is 1. The number of hydrogen-bond donors (Lipinski definition) is 1. The molecule has 1 unspecified atom stereocenters. The summed E-state index contributed by atoms with van der Waals surface area (Å²) in [6.45, 7) is 3.48. The summed E-state index contributed by atoms with van der Waals surface area (Å²) in [4.78, 5) is 14.1. The maximum atomic E-state index is 13.1. The molecule has 1 heterocycles. The van der Waals surface area contributed by atoms with Crippen molar-refractivity contribution in [1.29, 1.82) is 0 Å². The van der Waals surface area contributed by atoms with E-state index < -0.39 is 6.10 Å². The van der Waals surface area contributed by atoms with Gasteiger partial charge in [-0.1, -0.05) is 0 Å². The van der Waals surface area contributed by atoms with Crippen LogP contribution in [0.1, 0.15) is 31.7 Å². The highest BCUT2D eigenvalue weighted by Crippen LogP contribution is 2.21. The highest BCUT2D eigenvalue weighted by Gasteiger charge is 2.24. The van der Waals surface area contributed by atoms with E-state index in [1.807, 2.05) is 4.90 Å². The molecule has 1 aliphatic rings. The molecule has 1 amide bonds. The number of amides is 1. The Morgan fingerprint density at radius 3 is 2.75 bits per heavy atom. The Bertz CT molecular complexity index is 473. The molecule has 1 aliphatic heterocycles. The number of halogens is 1. The minimum Gasteiger partial charge on any atom is -0.481 e. The lowest BCUT2D eigenvalue weighted by atomic mass is 10.1. The van der Waals surface area contributed by atoms with E-state index in [0.29, 0.717) is 11.3 Å². The molecule has 1 saturated heterocycles. The summed E-state index contributed by atoms with van der Waals surface area (Å²) in [7, 11) is 0. The van der Waals surface area contributed by atoms with Gasteiger partial charge in [-0.3, -0.25) is 4.79 Å². The molecule has 0 aliphatic carbocycles. The quantitative estimate of drug-likeness (QED) is 0.918. The van der Waals surface area contributed by atoms with Crippen molar-refractivity contribution in [2.45, 2.75) is 38.8 Å². The Morgan fingerprint density at radius 1 is 1.40 bits per heavy atom. The van der Waals surface area contributed by atoms with Crippen molar-refractivity contribution in [1.82, 2.24) is 4.90 Å². The molecule has 0 spiro atoms. The predicted octanol–water partition coefficient (Wildman–Crippen LogP) is 2.06. The third-order valence-corrected chi connectivity index (χ3v) is 3.56. The van der Waals surface area contributed by atoms with Crippen LogP contribution < -0.4 is 10.5 Å². The average molecular weight is 280 g/mol. The summed E-state index contributed by atoms with van der Waals surface area (Å²) >= 11 is 0. The Kier molecular flexibility index (Phi) is 4.95. The maximum Gasteiger partial charge on any atom is 0.263 e. The van der Waals surface area contributed by atoms with Crippen LogP contribution in [0.2, 0.25) is 0 Å². The summed E-state index contributed by atoms with van der Waals surface area (Å²) in [5.41, 5.74) is 6.14. The molecule has 1 aromatic rings. The van der Waals surface area contributed by atoms with E-state index in [2.05, 4.69) is 0 Å². The van der Waals surface area contributed by atoms with Gasteiger partial charge in [0.2, 0.25) is 0 Å². The van der Waals surface area contributed by atoms with Crippen LogP contribution in [-0.4, -0.2) is 30.0 Å². The van der Waals surface area contributed by atoms with Gasteiger partial charge in [0.25, 0.3) is 5.91 Å². The molecular formula is C15H21FN2O2. The standard InChI is InChI=1S/C15H21FN2O2/c1-11(15(19)18-7-3-2-4-8-18)20-14-6-5-13(16)9-12(14)10-17/h5-6,9,11H,2-4,7-8,10,17H2,1H3. The van der Waals surface area contributed by atoms with Crippen LogP contribution in [0.3, 0.4) is 0 Å². The van der Waals surface area contributed by atoms with E-state index >= 15 is 0 Å². The summed E-state index contributed by atoms with van der Waals surface area (Å²) in [6, 6.07) is 4.18. The molecule has 0 bridgehead atoms. The Balaban J connectivity index is 2.03. The Morgan fingerprint density at radius 2 is 2.10 bits per heavy atom. The van der Waals surface area contributed by atoms with Crippen molar-refractivity contribution in [2.24, 2.45) is 5.73 Å². The number of hydrogen-bond acceptors (Lipinski definition) is 3. The first kappa shape index (κ1) is 14.8. The van der Waals surface area contributed by atoms with Crippen molar-refractivity contribution in [3.8, 4) is 5.75 Å². The van der Waals surface area contributed by atoms with Gasteiger partial charge in [0, 0.05) is 25.2 Å². The third kappa shape index (κ3) is 3.48. The van der Waals surface area contributed by atoms with E-state index in [4.69, 9.17) is 10.5 Å². The monoisotopic (exact) mass is 280 g/mol. The molecule has 1 atom stereocenters. The van der Waals surface area contributed by atoms with Crippen LogP contribution in [0.25, 0.3) is 0 Å². The van der Waals surface area contributed by atoms with Crippen molar-refractivity contribution in [2.75, 3.05) is 13.1 Å². The van der Waals surface area contributed by atoms with Gasteiger partial charge in [-0.15, -0.1) is 0 Å². The Hall–Kier alpha value is -1.62. The largest absolute Gasteiger partial charge is 0.481 e. The van der Waals surface area contributed by atoms with Crippen LogP contribution in [-0.2, 0) is 11.3 Å². The fraction of sp³-hybridized carbons (Fsp3) is 0.533. The van der Waals surface area contributed by atoms with Gasteiger partial charge in [0.1, 0.15) is 11.6 Å². The lowest BCUT2D eigenvalue weighted by Crippen LogP contribution is -2.43. The fourth-order valence-electron chi connectivity index (χ4n) is 2.43. The number of nitrogens with zero attached hydrogens (tertiary/aromatic N) is 1. The van der Waals surface area contributed by atoms with Gasteiger partial charge in [0.05, 0.1) is 0 Å². The first-order valence-corrected chi connectivity index (χ1v) is 7.05. The molecule has 2 rings (SSSR count). The maximum absolute atomic E-state index is 13.1. The minimum absolute atomic E-state index is 0.0167. The number of benzene rings is 1. The van der Waals surface area contributed by atoms with Gasteiger partial charge in [0.15, 0.2) is 6.10 Å². The zero-order valence-electron chi connectivity index (χ0n) is 11.8. The van der Waals surface area contributed by atoms with E-state index in [0.717, 1.165) is 25.9 Å². The van der Waals surface area contributed by atoms with Crippen molar-refractivity contribution in [3.63, 3.8) is 0 Å². The van der Waals surface area contributed by atoms with Gasteiger partial charge >= 0.3 is 0 Å². The number of nitrogens with two attached hydrogens (primary N) is 1.